The maximum atomic E-state index is 13.4. The smallest absolute Gasteiger partial charge is 0.254 e. The van der Waals surface area contributed by atoms with Gasteiger partial charge in [-0.25, -0.2) is 18.1 Å². The number of aromatic nitrogens is 1. The molecule has 1 unspecified atom stereocenters. The summed E-state index contributed by atoms with van der Waals surface area (Å²) in [5.41, 5.74) is 2.14. The fraction of sp³-hybridized carbons (Fsp3) is 0.333. The zero-order chi connectivity index (χ0) is 20.6. The first-order chi connectivity index (χ1) is 13.9. The Bertz CT molecular complexity index is 1140. The van der Waals surface area contributed by atoms with Gasteiger partial charge in [0.25, 0.3) is 5.91 Å². The zero-order valence-corrected chi connectivity index (χ0v) is 18.0. The molecule has 0 radical (unpaired) electrons. The maximum absolute atomic E-state index is 13.4. The minimum Gasteiger partial charge on any atom is -0.329 e. The standard InChI is InChI=1S/C21H23N3O3S2/c1-3-22-29(26,27)15-11-10-14(2)16(13-15)21(25)24-12-6-8-18(24)20-23-17-7-4-5-9-19(17)28-20/h4-5,7,9-11,13,18,22H,3,6,8,12H2,1-2H3. The van der Waals surface area contributed by atoms with Crippen molar-refractivity contribution in [3.8, 4) is 0 Å². The van der Waals surface area contributed by atoms with Crippen LogP contribution in [0.5, 0.6) is 0 Å². The number of hydrogen-bond donors (Lipinski definition) is 1. The molecule has 1 amide bonds. The number of rotatable bonds is 5. The Labute approximate surface area is 174 Å². The van der Waals surface area contributed by atoms with Crippen molar-refractivity contribution < 1.29 is 13.2 Å². The Balaban J connectivity index is 1.68. The van der Waals surface area contributed by atoms with Crippen LogP contribution in [0.2, 0.25) is 0 Å². The lowest BCUT2D eigenvalue weighted by Gasteiger charge is -2.24. The van der Waals surface area contributed by atoms with Crippen molar-refractivity contribution in [3.63, 3.8) is 0 Å². The molecule has 1 aliphatic heterocycles. The summed E-state index contributed by atoms with van der Waals surface area (Å²) in [4.78, 5) is 20.1. The van der Waals surface area contributed by atoms with Gasteiger partial charge in [0.2, 0.25) is 10.0 Å². The van der Waals surface area contributed by atoms with Crippen molar-refractivity contribution in [3.05, 3.63) is 58.6 Å². The monoisotopic (exact) mass is 429 g/mol. The van der Waals surface area contributed by atoms with Crippen molar-refractivity contribution in [1.29, 1.82) is 0 Å². The van der Waals surface area contributed by atoms with E-state index < -0.39 is 10.0 Å². The number of nitrogens with zero attached hydrogens (tertiary/aromatic N) is 2. The van der Waals surface area contributed by atoms with E-state index in [0.29, 0.717) is 18.7 Å². The average molecular weight is 430 g/mol. The van der Waals surface area contributed by atoms with Gasteiger partial charge in [0, 0.05) is 18.7 Å². The van der Waals surface area contributed by atoms with Crippen LogP contribution in [0.15, 0.2) is 47.4 Å². The van der Waals surface area contributed by atoms with E-state index in [2.05, 4.69) is 4.72 Å². The second kappa shape index (κ2) is 7.85. The molecule has 8 heteroatoms. The van der Waals surface area contributed by atoms with Gasteiger partial charge in [-0.05, 0) is 49.6 Å². The molecule has 1 fully saturated rings. The molecule has 4 rings (SSSR count). The normalized spacial score (nSPS) is 17.2. The lowest BCUT2D eigenvalue weighted by Crippen LogP contribution is -2.31. The van der Waals surface area contributed by atoms with Crippen molar-refractivity contribution in [2.45, 2.75) is 37.6 Å². The molecule has 1 aromatic heterocycles. The van der Waals surface area contributed by atoms with Crippen LogP contribution in [0, 0.1) is 6.92 Å². The van der Waals surface area contributed by atoms with Gasteiger partial charge in [-0.3, -0.25) is 4.79 Å². The quantitative estimate of drug-likeness (QED) is 0.668. The van der Waals surface area contributed by atoms with E-state index in [1.54, 1.807) is 30.4 Å². The SMILES string of the molecule is CCNS(=O)(=O)c1ccc(C)c(C(=O)N2CCCC2c2nc3ccccc3s2)c1. The first-order valence-corrected chi connectivity index (χ1v) is 12.0. The molecule has 152 valence electrons. The number of likely N-dealkylation sites (tertiary alicyclic amines) is 1. The topological polar surface area (TPSA) is 79.4 Å². The minimum atomic E-state index is -3.62. The summed E-state index contributed by atoms with van der Waals surface area (Å²) >= 11 is 1.62. The Morgan fingerprint density at radius 1 is 1.28 bits per heavy atom. The van der Waals surface area contributed by atoms with Crippen molar-refractivity contribution in [2.24, 2.45) is 0 Å². The summed E-state index contributed by atoms with van der Waals surface area (Å²) in [6, 6.07) is 12.6. The Kier molecular flexibility index (Phi) is 5.42. The van der Waals surface area contributed by atoms with Crippen molar-refractivity contribution >= 4 is 37.5 Å². The largest absolute Gasteiger partial charge is 0.329 e. The predicted molar refractivity (Wildman–Crippen MR) is 115 cm³/mol. The number of fused-ring (bicyclic) bond motifs is 1. The lowest BCUT2D eigenvalue weighted by molar-refractivity contribution is 0.0734. The number of hydrogen-bond acceptors (Lipinski definition) is 5. The third kappa shape index (κ3) is 3.80. The molecule has 1 saturated heterocycles. The summed E-state index contributed by atoms with van der Waals surface area (Å²) in [6.45, 7) is 4.50. The van der Waals surface area contributed by atoms with Crippen LogP contribution in [-0.4, -0.2) is 37.3 Å². The van der Waals surface area contributed by atoms with Gasteiger partial charge in [0.15, 0.2) is 0 Å². The third-order valence-electron chi connectivity index (χ3n) is 5.19. The van der Waals surface area contributed by atoms with Gasteiger partial charge < -0.3 is 4.90 Å². The molecule has 1 aliphatic rings. The van der Waals surface area contributed by atoms with E-state index >= 15 is 0 Å². The number of thiazole rings is 1. The average Bonchev–Trinajstić information content (AvgIpc) is 3.34. The van der Waals surface area contributed by atoms with Crippen LogP contribution in [0.1, 0.15) is 46.7 Å². The van der Waals surface area contributed by atoms with Gasteiger partial charge >= 0.3 is 0 Å². The van der Waals surface area contributed by atoms with E-state index in [1.165, 1.54) is 6.07 Å². The Morgan fingerprint density at radius 3 is 2.83 bits per heavy atom. The summed E-state index contributed by atoms with van der Waals surface area (Å²) in [6.07, 6.45) is 1.76. The molecule has 1 atom stereocenters. The number of para-hydroxylation sites is 1. The van der Waals surface area contributed by atoms with E-state index in [4.69, 9.17) is 4.98 Å². The van der Waals surface area contributed by atoms with Gasteiger partial charge in [0.05, 0.1) is 21.2 Å². The highest BCUT2D eigenvalue weighted by Crippen LogP contribution is 2.37. The lowest BCUT2D eigenvalue weighted by atomic mass is 10.1. The second-order valence-corrected chi connectivity index (χ2v) is 9.98. The Morgan fingerprint density at radius 2 is 2.07 bits per heavy atom. The van der Waals surface area contributed by atoms with Crippen LogP contribution in [0.25, 0.3) is 10.2 Å². The molecule has 1 N–H and O–H groups in total. The van der Waals surface area contributed by atoms with Crippen LogP contribution >= 0.6 is 11.3 Å². The summed E-state index contributed by atoms with van der Waals surface area (Å²) in [5.74, 6) is -0.141. The number of carbonyl (C=O) groups excluding carboxylic acids is 1. The molecule has 0 saturated carbocycles. The summed E-state index contributed by atoms with van der Waals surface area (Å²) in [5, 5.41) is 0.936. The highest BCUT2D eigenvalue weighted by molar-refractivity contribution is 7.89. The minimum absolute atomic E-state index is 0.0756. The van der Waals surface area contributed by atoms with Crippen LogP contribution < -0.4 is 4.72 Å². The van der Waals surface area contributed by atoms with Gasteiger partial charge in [0.1, 0.15) is 5.01 Å². The predicted octanol–water partition coefficient (Wildman–Crippen LogP) is 3.88. The summed E-state index contributed by atoms with van der Waals surface area (Å²) in [7, 11) is -3.62. The molecule has 3 aromatic rings. The first-order valence-electron chi connectivity index (χ1n) is 9.67. The number of carbonyl (C=O) groups is 1. The number of sulfonamides is 1. The second-order valence-electron chi connectivity index (χ2n) is 7.15. The van der Waals surface area contributed by atoms with E-state index in [0.717, 1.165) is 33.6 Å². The van der Waals surface area contributed by atoms with Gasteiger partial charge in [-0.1, -0.05) is 25.1 Å². The third-order valence-corrected chi connectivity index (χ3v) is 7.87. The summed E-state index contributed by atoms with van der Waals surface area (Å²) < 4.78 is 28.4. The van der Waals surface area contributed by atoms with Crippen LogP contribution in [0.3, 0.4) is 0 Å². The number of aryl methyl sites for hydroxylation is 1. The van der Waals surface area contributed by atoms with E-state index in [-0.39, 0.29) is 16.8 Å². The highest BCUT2D eigenvalue weighted by atomic mass is 32.2. The van der Waals surface area contributed by atoms with Gasteiger partial charge in [-0.15, -0.1) is 11.3 Å². The fourth-order valence-electron chi connectivity index (χ4n) is 3.73. The van der Waals surface area contributed by atoms with Crippen LogP contribution in [0.4, 0.5) is 0 Å². The van der Waals surface area contributed by atoms with E-state index in [1.807, 2.05) is 36.1 Å². The molecule has 0 spiro atoms. The highest BCUT2D eigenvalue weighted by Gasteiger charge is 2.33. The molecule has 2 aromatic carbocycles. The number of benzene rings is 2. The Hall–Kier alpha value is -2.29. The first kappa shape index (κ1) is 20.0. The number of amides is 1. The molecule has 6 nitrogen and oxygen atoms in total. The molecular formula is C21H23N3O3S2. The maximum Gasteiger partial charge on any atom is 0.254 e. The van der Waals surface area contributed by atoms with E-state index in [9.17, 15) is 13.2 Å². The van der Waals surface area contributed by atoms with Gasteiger partial charge in [-0.2, -0.15) is 0 Å². The molecule has 0 bridgehead atoms. The zero-order valence-electron chi connectivity index (χ0n) is 16.4. The molecule has 0 aliphatic carbocycles. The number of nitrogens with one attached hydrogen (secondary N) is 1. The molecule has 29 heavy (non-hydrogen) atoms. The van der Waals surface area contributed by atoms with Crippen molar-refractivity contribution in [2.75, 3.05) is 13.1 Å². The molecule has 2 heterocycles. The molecular weight excluding hydrogens is 406 g/mol. The van der Waals surface area contributed by atoms with Crippen LogP contribution in [-0.2, 0) is 10.0 Å². The fourth-order valence-corrected chi connectivity index (χ4v) is 5.91. The van der Waals surface area contributed by atoms with Crippen molar-refractivity contribution in [1.82, 2.24) is 14.6 Å².